The molecule has 1 heterocycles. The summed E-state index contributed by atoms with van der Waals surface area (Å²) in [6.07, 6.45) is -0.479. The summed E-state index contributed by atoms with van der Waals surface area (Å²) >= 11 is 0. The highest BCUT2D eigenvalue weighted by molar-refractivity contribution is 5.73. The normalized spacial score (nSPS) is 13.4. The number of nitrogens with zero attached hydrogens (tertiary/aromatic N) is 2. The molecule has 0 aliphatic carbocycles. The molecule has 18 heavy (non-hydrogen) atoms. The molecule has 0 saturated carbocycles. The SMILES string of the molecule is Cc1nc2cc(CN(C)CC(O)CN)ccc2o1. The van der Waals surface area contributed by atoms with Gasteiger partial charge in [-0.3, -0.25) is 4.90 Å². The number of aromatic nitrogens is 1. The van der Waals surface area contributed by atoms with Crippen LogP contribution in [-0.4, -0.2) is 41.2 Å². The first-order valence-electron chi connectivity index (χ1n) is 6.01. The van der Waals surface area contributed by atoms with Crippen LogP contribution in [0.1, 0.15) is 11.5 Å². The molecule has 98 valence electrons. The third-order valence-electron chi connectivity index (χ3n) is 2.81. The largest absolute Gasteiger partial charge is 0.441 e. The van der Waals surface area contributed by atoms with E-state index in [1.165, 1.54) is 0 Å². The Bertz CT molecular complexity index is 524. The van der Waals surface area contributed by atoms with E-state index in [1.807, 2.05) is 37.1 Å². The van der Waals surface area contributed by atoms with Crippen LogP contribution in [0.2, 0.25) is 0 Å². The molecule has 2 rings (SSSR count). The maximum Gasteiger partial charge on any atom is 0.192 e. The van der Waals surface area contributed by atoms with Gasteiger partial charge in [-0.1, -0.05) is 6.07 Å². The van der Waals surface area contributed by atoms with Crippen molar-refractivity contribution in [2.75, 3.05) is 20.1 Å². The van der Waals surface area contributed by atoms with Gasteiger partial charge in [0, 0.05) is 26.6 Å². The Morgan fingerprint density at radius 3 is 3.00 bits per heavy atom. The number of aryl methyl sites for hydroxylation is 1. The van der Waals surface area contributed by atoms with Crippen LogP contribution < -0.4 is 5.73 Å². The van der Waals surface area contributed by atoms with E-state index in [2.05, 4.69) is 4.98 Å². The second-order valence-corrected chi connectivity index (χ2v) is 4.62. The number of nitrogens with two attached hydrogens (primary N) is 1. The quantitative estimate of drug-likeness (QED) is 0.823. The molecule has 0 bridgehead atoms. The average molecular weight is 249 g/mol. The Balaban J connectivity index is 2.07. The predicted octanol–water partition coefficient (Wildman–Crippen LogP) is 0.888. The summed E-state index contributed by atoms with van der Waals surface area (Å²) in [6, 6.07) is 5.95. The van der Waals surface area contributed by atoms with Gasteiger partial charge in [-0.05, 0) is 24.7 Å². The number of aliphatic hydroxyl groups is 1. The van der Waals surface area contributed by atoms with Gasteiger partial charge in [0.25, 0.3) is 0 Å². The molecular formula is C13H19N3O2. The van der Waals surface area contributed by atoms with Gasteiger partial charge in [0.15, 0.2) is 11.5 Å². The van der Waals surface area contributed by atoms with Gasteiger partial charge in [-0.15, -0.1) is 0 Å². The maximum atomic E-state index is 9.49. The second kappa shape index (κ2) is 5.48. The van der Waals surface area contributed by atoms with Crippen LogP contribution in [0.15, 0.2) is 22.6 Å². The molecule has 0 spiro atoms. The Kier molecular flexibility index (Phi) is 3.96. The number of aliphatic hydroxyl groups excluding tert-OH is 1. The zero-order valence-electron chi connectivity index (χ0n) is 10.8. The molecule has 1 unspecified atom stereocenters. The molecule has 0 saturated heterocycles. The standard InChI is InChI=1S/C13H19N3O2/c1-9-15-12-5-10(3-4-13(12)18-9)7-16(2)8-11(17)6-14/h3-5,11,17H,6-8,14H2,1-2H3. The molecular weight excluding hydrogens is 230 g/mol. The number of rotatable bonds is 5. The Labute approximate surface area is 106 Å². The number of likely N-dealkylation sites (N-methyl/N-ethyl adjacent to an activating group) is 1. The van der Waals surface area contributed by atoms with Crippen molar-refractivity contribution in [2.45, 2.75) is 19.6 Å². The molecule has 5 nitrogen and oxygen atoms in total. The molecule has 0 fully saturated rings. The number of oxazole rings is 1. The van der Waals surface area contributed by atoms with E-state index < -0.39 is 6.10 Å². The summed E-state index contributed by atoms with van der Waals surface area (Å²) in [4.78, 5) is 6.34. The lowest BCUT2D eigenvalue weighted by Gasteiger charge is -2.19. The topological polar surface area (TPSA) is 75.5 Å². The average Bonchev–Trinajstić information content (AvgIpc) is 2.68. The summed E-state index contributed by atoms with van der Waals surface area (Å²) in [6.45, 7) is 3.43. The van der Waals surface area contributed by atoms with E-state index in [4.69, 9.17) is 10.2 Å². The fourth-order valence-electron chi connectivity index (χ4n) is 2.00. The predicted molar refractivity (Wildman–Crippen MR) is 70.1 cm³/mol. The zero-order valence-corrected chi connectivity index (χ0v) is 10.8. The third-order valence-corrected chi connectivity index (χ3v) is 2.81. The van der Waals surface area contributed by atoms with Gasteiger partial charge in [-0.2, -0.15) is 0 Å². The Morgan fingerprint density at radius 1 is 1.50 bits per heavy atom. The van der Waals surface area contributed by atoms with Crippen LogP contribution in [0.3, 0.4) is 0 Å². The van der Waals surface area contributed by atoms with Crippen molar-refractivity contribution in [1.29, 1.82) is 0 Å². The van der Waals surface area contributed by atoms with E-state index in [-0.39, 0.29) is 6.54 Å². The van der Waals surface area contributed by atoms with E-state index >= 15 is 0 Å². The summed E-state index contributed by atoms with van der Waals surface area (Å²) in [5, 5.41) is 9.49. The molecule has 0 aliphatic heterocycles. The number of hydrogen-bond acceptors (Lipinski definition) is 5. The van der Waals surface area contributed by atoms with Crippen LogP contribution >= 0.6 is 0 Å². The third kappa shape index (κ3) is 3.07. The van der Waals surface area contributed by atoms with Crippen LogP contribution in [0.25, 0.3) is 11.1 Å². The van der Waals surface area contributed by atoms with Gasteiger partial charge < -0.3 is 15.3 Å². The molecule has 0 aliphatic rings. The molecule has 5 heteroatoms. The lowest BCUT2D eigenvalue weighted by molar-refractivity contribution is 0.129. The van der Waals surface area contributed by atoms with Crippen LogP contribution in [0.4, 0.5) is 0 Å². The number of hydrogen-bond donors (Lipinski definition) is 2. The first-order valence-corrected chi connectivity index (χ1v) is 6.01. The molecule has 1 atom stereocenters. The van der Waals surface area contributed by atoms with Gasteiger partial charge in [0.1, 0.15) is 5.52 Å². The first-order chi connectivity index (χ1) is 8.58. The van der Waals surface area contributed by atoms with Crippen LogP contribution in [-0.2, 0) is 6.54 Å². The van der Waals surface area contributed by atoms with Gasteiger partial charge in [0.2, 0.25) is 0 Å². The fraction of sp³-hybridized carbons (Fsp3) is 0.462. The van der Waals surface area contributed by atoms with Crippen molar-refractivity contribution in [2.24, 2.45) is 5.73 Å². The highest BCUT2D eigenvalue weighted by atomic mass is 16.3. The smallest absolute Gasteiger partial charge is 0.192 e. The lowest BCUT2D eigenvalue weighted by atomic mass is 10.2. The van der Waals surface area contributed by atoms with Crippen molar-refractivity contribution >= 4 is 11.1 Å². The fourth-order valence-corrected chi connectivity index (χ4v) is 2.00. The summed E-state index contributed by atoms with van der Waals surface area (Å²) < 4.78 is 5.43. The molecule has 0 amide bonds. The summed E-state index contributed by atoms with van der Waals surface area (Å²) in [5.74, 6) is 0.675. The van der Waals surface area contributed by atoms with Crippen molar-refractivity contribution in [3.63, 3.8) is 0 Å². The minimum Gasteiger partial charge on any atom is -0.441 e. The Morgan fingerprint density at radius 2 is 2.28 bits per heavy atom. The van der Waals surface area contributed by atoms with Crippen molar-refractivity contribution in [3.05, 3.63) is 29.7 Å². The second-order valence-electron chi connectivity index (χ2n) is 4.62. The van der Waals surface area contributed by atoms with E-state index in [9.17, 15) is 5.11 Å². The minimum absolute atomic E-state index is 0.284. The van der Waals surface area contributed by atoms with Gasteiger partial charge in [0.05, 0.1) is 6.10 Å². The number of benzene rings is 1. The maximum absolute atomic E-state index is 9.49. The first kappa shape index (κ1) is 13.0. The summed E-state index contributed by atoms with van der Waals surface area (Å²) in [7, 11) is 1.96. The van der Waals surface area contributed by atoms with E-state index in [0.29, 0.717) is 12.4 Å². The van der Waals surface area contributed by atoms with Crippen molar-refractivity contribution in [1.82, 2.24) is 9.88 Å². The zero-order chi connectivity index (χ0) is 13.1. The van der Waals surface area contributed by atoms with Crippen molar-refractivity contribution < 1.29 is 9.52 Å². The molecule has 2 aromatic rings. The monoisotopic (exact) mass is 249 g/mol. The van der Waals surface area contributed by atoms with Crippen LogP contribution in [0.5, 0.6) is 0 Å². The molecule has 1 aromatic carbocycles. The summed E-state index contributed by atoms with van der Waals surface area (Å²) in [5.41, 5.74) is 8.21. The van der Waals surface area contributed by atoms with E-state index in [0.717, 1.165) is 23.2 Å². The van der Waals surface area contributed by atoms with Crippen molar-refractivity contribution in [3.8, 4) is 0 Å². The lowest BCUT2D eigenvalue weighted by Crippen LogP contribution is -2.33. The van der Waals surface area contributed by atoms with E-state index in [1.54, 1.807) is 0 Å². The Hall–Kier alpha value is -1.43. The minimum atomic E-state index is -0.479. The molecule has 3 N–H and O–H groups in total. The molecule has 0 radical (unpaired) electrons. The number of fused-ring (bicyclic) bond motifs is 1. The highest BCUT2D eigenvalue weighted by Crippen LogP contribution is 2.17. The molecule has 1 aromatic heterocycles. The van der Waals surface area contributed by atoms with Gasteiger partial charge in [-0.25, -0.2) is 4.98 Å². The highest BCUT2D eigenvalue weighted by Gasteiger charge is 2.08. The van der Waals surface area contributed by atoms with Gasteiger partial charge >= 0.3 is 0 Å². The van der Waals surface area contributed by atoms with Crippen LogP contribution in [0, 0.1) is 6.92 Å².